The van der Waals surface area contributed by atoms with Gasteiger partial charge in [-0.25, -0.2) is 4.79 Å². The molecular weight excluding hydrogens is 315 g/mol. The Morgan fingerprint density at radius 3 is 2.70 bits per heavy atom. The van der Waals surface area contributed by atoms with E-state index in [2.05, 4.69) is 4.74 Å². The number of hydrogen-bond donors (Lipinski definition) is 2. The van der Waals surface area contributed by atoms with Crippen molar-refractivity contribution in [2.75, 3.05) is 13.2 Å². The molecule has 0 spiro atoms. The van der Waals surface area contributed by atoms with Crippen LogP contribution in [0.25, 0.3) is 10.9 Å². The van der Waals surface area contributed by atoms with Crippen molar-refractivity contribution in [1.82, 2.24) is 4.57 Å². The second kappa shape index (κ2) is 6.49. The van der Waals surface area contributed by atoms with E-state index in [1.165, 1.54) is 4.57 Å². The van der Waals surface area contributed by atoms with Gasteiger partial charge >= 0.3 is 12.1 Å². The predicted molar refractivity (Wildman–Crippen MR) is 76.3 cm³/mol. The van der Waals surface area contributed by atoms with E-state index in [9.17, 15) is 23.1 Å². The van der Waals surface area contributed by atoms with Gasteiger partial charge < -0.3 is 19.5 Å². The Kier molecular flexibility index (Phi) is 4.84. The molecule has 0 fully saturated rings. The Morgan fingerprint density at radius 2 is 2.09 bits per heavy atom. The molecule has 0 saturated heterocycles. The number of phenols is 1. The number of benzene rings is 1. The standard InChI is InChI=1S/C15H16F3NO4/c1-19-5-4-9-7-10(3-2-6-20)13(21)11(12(9)19)14(22)23-8-15(16,17)18/h4-5,7,20-21H,2-3,6,8H2,1H3. The Morgan fingerprint density at radius 1 is 1.39 bits per heavy atom. The molecule has 0 unspecified atom stereocenters. The maximum atomic E-state index is 12.2. The van der Waals surface area contributed by atoms with Crippen LogP contribution in [0.15, 0.2) is 18.3 Å². The molecule has 2 aromatic rings. The molecule has 0 amide bonds. The summed E-state index contributed by atoms with van der Waals surface area (Å²) in [5.41, 5.74) is 0.367. The molecule has 5 nitrogen and oxygen atoms in total. The molecule has 0 bridgehead atoms. The van der Waals surface area contributed by atoms with E-state index in [0.29, 0.717) is 22.9 Å². The van der Waals surface area contributed by atoms with Crippen LogP contribution in [0.2, 0.25) is 0 Å². The van der Waals surface area contributed by atoms with Gasteiger partial charge in [0.1, 0.15) is 11.3 Å². The van der Waals surface area contributed by atoms with Gasteiger partial charge in [-0.2, -0.15) is 13.2 Å². The fourth-order valence-corrected chi connectivity index (χ4v) is 2.39. The Labute approximate surface area is 129 Å². The van der Waals surface area contributed by atoms with E-state index in [0.717, 1.165) is 0 Å². The molecule has 0 aliphatic rings. The topological polar surface area (TPSA) is 71.7 Å². The second-order valence-electron chi connectivity index (χ2n) is 5.14. The highest BCUT2D eigenvalue weighted by molar-refractivity contribution is 6.06. The fraction of sp³-hybridized carbons (Fsp3) is 0.400. The number of hydrogen-bond acceptors (Lipinski definition) is 4. The zero-order valence-corrected chi connectivity index (χ0v) is 12.4. The van der Waals surface area contributed by atoms with Gasteiger partial charge in [0.25, 0.3) is 0 Å². The smallest absolute Gasteiger partial charge is 0.422 e. The van der Waals surface area contributed by atoms with Crippen LogP contribution in [0.5, 0.6) is 5.75 Å². The SMILES string of the molecule is Cn1ccc2cc(CCCO)c(O)c(C(=O)OCC(F)(F)F)c21. The molecule has 0 aliphatic carbocycles. The molecule has 0 aliphatic heterocycles. The quantitative estimate of drug-likeness (QED) is 0.826. The summed E-state index contributed by atoms with van der Waals surface area (Å²) in [5.74, 6) is -1.66. The van der Waals surface area contributed by atoms with Crippen molar-refractivity contribution in [3.8, 4) is 5.75 Å². The van der Waals surface area contributed by atoms with Gasteiger partial charge in [0.2, 0.25) is 0 Å². The van der Waals surface area contributed by atoms with Crippen molar-refractivity contribution in [3.63, 3.8) is 0 Å². The molecule has 0 saturated carbocycles. The Hall–Kier alpha value is -2.22. The van der Waals surface area contributed by atoms with Crippen molar-refractivity contribution >= 4 is 16.9 Å². The first kappa shape index (κ1) is 17.1. The highest BCUT2D eigenvalue weighted by Gasteiger charge is 2.31. The van der Waals surface area contributed by atoms with Gasteiger partial charge in [0.05, 0.1) is 5.52 Å². The zero-order chi connectivity index (χ0) is 17.2. The molecule has 1 aromatic carbocycles. The monoisotopic (exact) mass is 331 g/mol. The van der Waals surface area contributed by atoms with Gasteiger partial charge in [-0.3, -0.25) is 0 Å². The summed E-state index contributed by atoms with van der Waals surface area (Å²) in [6.07, 6.45) is -2.39. The first-order valence-corrected chi connectivity index (χ1v) is 6.89. The third kappa shape index (κ3) is 3.76. The summed E-state index contributed by atoms with van der Waals surface area (Å²) in [4.78, 5) is 12.1. The first-order chi connectivity index (χ1) is 10.7. The number of phenolic OH excluding ortho intramolecular Hbond substituents is 1. The largest absolute Gasteiger partial charge is 0.507 e. The first-order valence-electron chi connectivity index (χ1n) is 6.89. The number of aliphatic hydroxyl groups is 1. The Bertz CT molecular complexity index is 722. The number of nitrogens with zero attached hydrogens (tertiary/aromatic N) is 1. The predicted octanol–water partition coefficient (Wildman–Crippen LogP) is 2.53. The number of aromatic nitrogens is 1. The van der Waals surface area contributed by atoms with Crippen molar-refractivity contribution in [1.29, 1.82) is 0 Å². The van der Waals surface area contributed by atoms with E-state index < -0.39 is 24.5 Å². The van der Waals surface area contributed by atoms with E-state index >= 15 is 0 Å². The highest BCUT2D eigenvalue weighted by atomic mass is 19.4. The van der Waals surface area contributed by atoms with Crippen molar-refractivity contribution in [2.45, 2.75) is 19.0 Å². The number of aliphatic hydroxyl groups excluding tert-OH is 1. The number of aryl methyl sites for hydroxylation is 2. The van der Waals surface area contributed by atoms with Crippen LogP contribution < -0.4 is 0 Å². The van der Waals surface area contributed by atoms with Crippen molar-refractivity contribution in [3.05, 3.63) is 29.5 Å². The molecule has 2 rings (SSSR count). The number of esters is 1. The summed E-state index contributed by atoms with van der Waals surface area (Å²) < 4.78 is 42.5. The second-order valence-corrected chi connectivity index (χ2v) is 5.14. The van der Waals surface area contributed by atoms with Crippen molar-refractivity contribution < 1.29 is 32.9 Å². The maximum Gasteiger partial charge on any atom is 0.422 e. The van der Waals surface area contributed by atoms with Gasteiger partial charge in [0, 0.05) is 25.2 Å². The molecule has 8 heteroatoms. The molecule has 126 valence electrons. The zero-order valence-electron chi connectivity index (χ0n) is 12.4. The van der Waals surface area contributed by atoms with Gasteiger partial charge in [0.15, 0.2) is 6.61 Å². The van der Waals surface area contributed by atoms with E-state index in [1.54, 1.807) is 25.4 Å². The third-order valence-electron chi connectivity index (χ3n) is 3.39. The van der Waals surface area contributed by atoms with Crippen LogP contribution in [0.4, 0.5) is 13.2 Å². The normalized spacial score (nSPS) is 11.9. The fourth-order valence-electron chi connectivity index (χ4n) is 2.39. The lowest BCUT2D eigenvalue weighted by Gasteiger charge is -2.13. The minimum atomic E-state index is -4.65. The molecule has 0 radical (unpaired) electrons. The summed E-state index contributed by atoms with van der Waals surface area (Å²) in [7, 11) is 1.61. The van der Waals surface area contributed by atoms with E-state index in [-0.39, 0.29) is 18.6 Å². The highest BCUT2D eigenvalue weighted by Crippen LogP contribution is 2.33. The van der Waals surface area contributed by atoms with Crippen molar-refractivity contribution in [2.24, 2.45) is 7.05 Å². The lowest BCUT2D eigenvalue weighted by molar-refractivity contribution is -0.161. The molecule has 1 heterocycles. The molecule has 2 N–H and O–H groups in total. The molecule has 23 heavy (non-hydrogen) atoms. The number of carbonyl (C=O) groups is 1. The number of alkyl halides is 3. The van der Waals surface area contributed by atoms with E-state index in [4.69, 9.17) is 5.11 Å². The number of rotatable bonds is 5. The van der Waals surface area contributed by atoms with Crippen LogP contribution in [0, 0.1) is 0 Å². The lowest BCUT2D eigenvalue weighted by atomic mass is 10.0. The number of ether oxygens (including phenoxy) is 1. The summed E-state index contributed by atoms with van der Waals surface area (Å²) in [6, 6.07) is 3.32. The summed E-state index contributed by atoms with van der Waals surface area (Å²) in [6.45, 7) is -1.84. The number of fused-ring (bicyclic) bond motifs is 1. The van der Waals surface area contributed by atoms with Crippen LogP contribution in [-0.4, -0.2) is 40.1 Å². The number of aromatic hydroxyl groups is 1. The summed E-state index contributed by atoms with van der Waals surface area (Å²) in [5, 5.41) is 19.8. The minimum absolute atomic E-state index is 0.111. The maximum absolute atomic E-state index is 12.2. The van der Waals surface area contributed by atoms with Gasteiger partial charge in [-0.1, -0.05) is 0 Å². The van der Waals surface area contributed by atoms with E-state index in [1.807, 2.05) is 0 Å². The number of carbonyl (C=O) groups excluding carboxylic acids is 1. The van der Waals surface area contributed by atoms with Gasteiger partial charge in [-0.05, 0) is 30.5 Å². The number of halogens is 3. The summed E-state index contributed by atoms with van der Waals surface area (Å²) >= 11 is 0. The van der Waals surface area contributed by atoms with Crippen LogP contribution in [-0.2, 0) is 18.2 Å². The third-order valence-corrected chi connectivity index (χ3v) is 3.39. The molecular formula is C15H16F3NO4. The van der Waals surface area contributed by atoms with Crippen LogP contribution >= 0.6 is 0 Å². The lowest BCUT2D eigenvalue weighted by Crippen LogP contribution is -2.21. The molecule has 0 atom stereocenters. The van der Waals surface area contributed by atoms with Crippen LogP contribution in [0.1, 0.15) is 22.3 Å². The van der Waals surface area contributed by atoms with Crippen LogP contribution in [0.3, 0.4) is 0 Å². The average Bonchev–Trinajstić information content (AvgIpc) is 2.83. The molecule has 1 aromatic heterocycles. The Balaban J connectivity index is 2.48. The minimum Gasteiger partial charge on any atom is -0.507 e. The van der Waals surface area contributed by atoms with Gasteiger partial charge in [-0.15, -0.1) is 0 Å². The average molecular weight is 331 g/mol.